The van der Waals surface area contributed by atoms with Gasteiger partial charge in [0.15, 0.2) is 0 Å². The summed E-state index contributed by atoms with van der Waals surface area (Å²) in [5.41, 5.74) is 5.36. The molecule has 0 saturated carbocycles. The Morgan fingerprint density at radius 3 is 2.48 bits per heavy atom. The third kappa shape index (κ3) is 4.56. The smallest absolute Gasteiger partial charge is 0.251 e. The number of anilines is 1. The van der Waals surface area contributed by atoms with Gasteiger partial charge in [-0.25, -0.2) is 0 Å². The lowest BCUT2D eigenvalue weighted by molar-refractivity contribution is -0.124. The Morgan fingerprint density at radius 2 is 2.00 bits per heavy atom. The minimum Gasteiger partial charge on any atom is -0.366 e. The molecule has 4 nitrogen and oxygen atoms in total. The Kier molecular flexibility index (Phi) is 5.96. The molecule has 0 fully saturated rings. The Morgan fingerprint density at radius 1 is 1.38 bits per heavy atom. The summed E-state index contributed by atoms with van der Waals surface area (Å²) in [6, 6.07) is 1.78. The van der Waals surface area contributed by atoms with Crippen LogP contribution in [0, 0.1) is 5.41 Å². The van der Waals surface area contributed by atoms with Crippen molar-refractivity contribution in [2.45, 2.75) is 59.8 Å². The molecule has 2 amide bonds. The number of rotatable bonds is 7. The molecule has 1 rings (SSSR count). The van der Waals surface area contributed by atoms with Crippen LogP contribution in [0.1, 0.15) is 75.0 Å². The zero-order valence-electron chi connectivity index (χ0n) is 13.6. The van der Waals surface area contributed by atoms with Gasteiger partial charge in [0.25, 0.3) is 5.91 Å². The Bertz CT molecular complexity index is 518. The van der Waals surface area contributed by atoms with Crippen LogP contribution in [0.2, 0.25) is 0 Å². The van der Waals surface area contributed by atoms with E-state index in [4.69, 9.17) is 5.73 Å². The van der Waals surface area contributed by atoms with Gasteiger partial charge in [-0.2, -0.15) is 0 Å². The topological polar surface area (TPSA) is 72.2 Å². The van der Waals surface area contributed by atoms with Crippen molar-refractivity contribution in [3.8, 4) is 0 Å². The summed E-state index contributed by atoms with van der Waals surface area (Å²) in [5.74, 6) is -0.262. The first-order chi connectivity index (χ1) is 9.69. The highest BCUT2D eigenvalue weighted by Crippen LogP contribution is 2.34. The van der Waals surface area contributed by atoms with E-state index in [9.17, 15) is 9.59 Å². The van der Waals surface area contributed by atoms with Gasteiger partial charge in [-0.05, 0) is 18.4 Å². The first-order valence-corrected chi connectivity index (χ1v) is 8.25. The Balaban J connectivity index is 2.96. The van der Waals surface area contributed by atoms with E-state index in [0.29, 0.717) is 16.5 Å². The summed E-state index contributed by atoms with van der Waals surface area (Å²) in [5, 5.41) is 3.47. The van der Waals surface area contributed by atoms with Gasteiger partial charge in [0, 0.05) is 10.3 Å². The molecule has 1 aromatic rings. The monoisotopic (exact) mass is 310 g/mol. The van der Waals surface area contributed by atoms with Gasteiger partial charge >= 0.3 is 0 Å². The SMILES string of the molecule is CCCCC(C)(C)C(=O)Nc1sc(C(C)C)cc1C(N)=O. The van der Waals surface area contributed by atoms with Gasteiger partial charge in [-0.1, -0.05) is 47.5 Å². The van der Waals surface area contributed by atoms with Crippen molar-refractivity contribution in [2.75, 3.05) is 5.32 Å². The van der Waals surface area contributed by atoms with Crippen molar-refractivity contribution >= 4 is 28.2 Å². The molecule has 1 heterocycles. The standard InChI is InChI=1S/C16H26N2O2S/c1-6-7-8-16(4,5)15(20)18-14-11(13(17)19)9-12(21-14)10(2)3/h9-10H,6-8H2,1-5H3,(H2,17,19)(H,18,20). The van der Waals surface area contributed by atoms with E-state index >= 15 is 0 Å². The van der Waals surface area contributed by atoms with Crippen molar-refractivity contribution in [1.82, 2.24) is 0 Å². The van der Waals surface area contributed by atoms with E-state index in [1.807, 2.05) is 27.7 Å². The van der Waals surface area contributed by atoms with Gasteiger partial charge in [-0.15, -0.1) is 11.3 Å². The van der Waals surface area contributed by atoms with Crippen LogP contribution in [0.5, 0.6) is 0 Å². The van der Waals surface area contributed by atoms with Crippen molar-refractivity contribution in [2.24, 2.45) is 11.1 Å². The molecular weight excluding hydrogens is 284 g/mol. The molecule has 0 aliphatic rings. The summed E-state index contributed by atoms with van der Waals surface area (Å²) in [6.45, 7) is 10.1. The lowest BCUT2D eigenvalue weighted by Crippen LogP contribution is -2.31. The van der Waals surface area contributed by atoms with Gasteiger partial charge < -0.3 is 11.1 Å². The van der Waals surface area contributed by atoms with Crippen LogP contribution in [0.15, 0.2) is 6.07 Å². The highest BCUT2D eigenvalue weighted by atomic mass is 32.1. The minimum atomic E-state index is -0.500. The van der Waals surface area contributed by atoms with Crippen molar-refractivity contribution in [1.29, 1.82) is 0 Å². The molecule has 0 unspecified atom stereocenters. The molecule has 0 saturated heterocycles. The second-order valence-electron chi connectivity index (χ2n) is 6.35. The lowest BCUT2D eigenvalue weighted by atomic mass is 9.86. The number of carbonyl (C=O) groups is 2. The molecular formula is C16H26N2O2S. The van der Waals surface area contributed by atoms with Gasteiger partial charge in [-0.3, -0.25) is 9.59 Å². The highest BCUT2D eigenvalue weighted by molar-refractivity contribution is 7.16. The largest absolute Gasteiger partial charge is 0.366 e. The van der Waals surface area contributed by atoms with Gasteiger partial charge in [0.2, 0.25) is 5.91 Å². The average Bonchev–Trinajstić information content (AvgIpc) is 2.80. The summed E-state index contributed by atoms with van der Waals surface area (Å²) < 4.78 is 0. The van der Waals surface area contributed by atoms with E-state index in [0.717, 1.165) is 24.1 Å². The summed E-state index contributed by atoms with van der Waals surface area (Å²) in [4.78, 5) is 25.0. The normalized spacial score (nSPS) is 11.7. The summed E-state index contributed by atoms with van der Waals surface area (Å²) in [7, 11) is 0. The fraction of sp³-hybridized carbons (Fsp3) is 0.625. The maximum atomic E-state index is 12.4. The third-order valence-electron chi connectivity index (χ3n) is 3.58. The van der Waals surface area contributed by atoms with E-state index < -0.39 is 11.3 Å². The molecule has 5 heteroatoms. The van der Waals surface area contributed by atoms with Gasteiger partial charge in [0.05, 0.1) is 5.56 Å². The molecule has 0 aliphatic heterocycles. The van der Waals surface area contributed by atoms with Crippen LogP contribution in [0.4, 0.5) is 5.00 Å². The second-order valence-corrected chi connectivity index (χ2v) is 7.44. The molecule has 0 radical (unpaired) electrons. The van der Waals surface area contributed by atoms with Gasteiger partial charge in [0.1, 0.15) is 5.00 Å². The number of primary amides is 1. The summed E-state index contributed by atoms with van der Waals surface area (Å²) >= 11 is 1.43. The van der Waals surface area contributed by atoms with E-state index in [1.165, 1.54) is 11.3 Å². The molecule has 0 aromatic carbocycles. The quantitative estimate of drug-likeness (QED) is 0.795. The number of hydrogen-bond acceptors (Lipinski definition) is 3. The van der Waals surface area contributed by atoms with Crippen LogP contribution in [0.25, 0.3) is 0 Å². The lowest BCUT2D eigenvalue weighted by Gasteiger charge is -2.23. The Labute approximate surface area is 131 Å². The molecule has 1 aromatic heterocycles. The van der Waals surface area contributed by atoms with Crippen LogP contribution in [0.3, 0.4) is 0 Å². The number of thiophene rings is 1. The van der Waals surface area contributed by atoms with Crippen molar-refractivity contribution < 1.29 is 9.59 Å². The van der Waals surface area contributed by atoms with Crippen LogP contribution in [-0.4, -0.2) is 11.8 Å². The number of nitrogens with two attached hydrogens (primary N) is 1. The van der Waals surface area contributed by atoms with E-state index in [2.05, 4.69) is 12.2 Å². The maximum absolute atomic E-state index is 12.4. The zero-order chi connectivity index (χ0) is 16.2. The fourth-order valence-electron chi connectivity index (χ4n) is 1.98. The van der Waals surface area contributed by atoms with E-state index in [-0.39, 0.29) is 5.91 Å². The minimum absolute atomic E-state index is 0.0596. The fourth-order valence-corrected chi connectivity index (χ4v) is 3.04. The molecule has 0 spiro atoms. The van der Waals surface area contributed by atoms with Crippen molar-refractivity contribution in [3.05, 3.63) is 16.5 Å². The number of hydrogen-bond donors (Lipinski definition) is 2. The molecule has 118 valence electrons. The first kappa shape index (κ1) is 17.7. The third-order valence-corrected chi connectivity index (χ3v) is 4.93. The average molecular weight is 310 g/mol. The highest BCUT2D eigenvalue weighted by Gasteiger charge is 2.28. The second kappa shape index (κ2) is 7.07. The number of unbranched alkanes of at least 4 members (excludes halogenated alkanes) is 1. The van der Waals surface area contributed by atoms with Crippen LogP contribution >= 0.6 is 11.3 Å². The van der Waals surface area contributed by atoms with Crippen LogP contribution in [-0.2, 0) is 4.79 Å². The number of carbonyl (C=O) groups excluding carboxylic acids is 2. The number of nitrogens with one attached hydrogen (secondary N) is 1. The molecule has 0 atom stereocenters. The first-order valence-electron chi connectivity index (χ1n) is 7.44. The van der Waals surface area contributed by atoms with Crippen molar-refractivity contribution in [3.63, 3.8) is 0 Å². The predicted octanol–water partition coefficient (Wildman–Crippen LogP) is 4.13. The molecule has 0 bridgehead atoms. The summed E-state index contributed by atoms with van der Waals surface area (Å²) in [6.07, 6.45) is 2.88. The molecule has 21 heavy (non-hydrogen) atoms. The Hall–Kier alpha value is -1.36. The van der Waals surface area contributed by atoms with Crippen LogP contribution < -0.4 is 11.1 Å². The molecule has 0 aliphatic carbocycles. The number of amides is 2. The van der Waals surface area contributed by atoms with E-state index in [1.54, 1.807) is 6.07 Å². The zero-order valence-corrected chi connectivity index (χ0v) is 14.4. The molecule has 3 N–H and O–H groups in total. The predicted molar refractivity (Wildman–Crippen MR) is 88.9 cm³/mol. The maximum Gasteiger partial charge on any atom is 0.251 e.